The molecule has 1 aliphatic heterocycles. The van der Waals surface area contributed by atoms with Crippen molar-refractivity contribution < 1.29 is 13.2 Å². The third-order valence-corrected chi connectivity index (χ3v) is 5.26. The first-order valence-electron chi connectivity index (χ1n) is 6.13. The molecule has 2 aliphatic rings. The van der Waals surface area contributed by atoms with Crippen LogP contribution < -0.4 is 5.32 Å². The first kappa shape index (κ1) is 13.2. The van der Waals surface area contributed by atoms with Crippen LogP contribution in [0.3, 0.4) is 0 Å². The highest BCUT2D eigenvalue weighted by Gasteiger charge is 2.40. The average molecular weight is 263 g/mol. The van der Waals surface area contributed by atoms with Crippen LogP contribution in [0.4, 0.5) is 0 Å². The largest absolute Gasteiger partial charge is 0.383 e. The van der Waals surface area contributed by atoms with E-state index in [0.717, 1.165) is 25.9 Å². The quantitative estimate of drug-likeness (QED) is 0.685. The van der Waals surface area contributed by atoms with Crippen LogP contribution in [-0.2, 0) is 14.9 Å². The Bertz CT molecular complexity index is 337. The molecule has 0 aromatic heterocycles. The van der Waals surface area contributed by atoms with Gasteiger partial charge in [-0.15, -0.1) is 0 Å². The van der Waals surface area contributed by atoms with Crippen LogP contribution in [-0.4, -0.2) is 69.5 Å². The summed E-state index contributed by atoms with van der Waals surface area (Å²) in [7, 11) is -1.69. The van der Waals surface area contributed by atoms with E-state index in [2.05, 4.69) is 5.32 Å². The van der Waals surface area contributed by atoms with Gasteiger partial charge in [-0.05, 0) is 12.8 Å². The lowest BCUT2D eigenvalue weighted by molar-refractivity contribution is 0.173. The number of rotatable bonds is 6. The molecule has 0 bridgehead atoms. The highest BCUT2D eigenvalue weighted by atomic mass is 32.2. The van der Waals surface area contributed by atoms with E-state index >= 15 is 0 Å². The van der Waals surface area contributed by atoms with E-state index in [1.54, 1.807) is 15.7 Å². The normalized spacial score (nSPS) is 23.2. The first-order valence-corrected chi connectivity index (χ1v) is 7.52. The first-order chi connectivity index (χ1) is 8.16. The highest BCUT2D eigenvalue weighted by molar-refractivity contribution is 7.86. The van der Waals surface area contributed by atoms with Crippen LogP contribution in [0.5, 0.6) is 0 Å². The van der Waals surface area contributed by atoms with E-state index in [0.29, 0.717) is 26.2 Å². The Balaban J connectivity index is 2.04. The van der Waals surface area contributed by atoms with Crippen LogP contribution in [0.2, 0.25) is 0 Å². The Hall–Kier alpha value is -0.210. The van der Waals surface area contributed by atoms with Crippen molar-refractivity contribution in [3.05, 3.63) is 0 Å². The number of hydrogen-bond donors (Lipinski definition) is 1. The number of hydrogen-bond acceptors (Lipinski definition) is 4. The molecule has 0 spiro atoms. The molecule has 0 amide bonds. The van der Waals surface area contributed by atoms with Crippen molar-refractivity contribution in [2.45, 2.75) is 18.9 Å². The zero-order chi connectivity index (χ0) is 12.3. The zero-order valence-electron chi connectivity index (χ0n) is 10.3. The predicted octanol–water partition coefficient (Wildman–Crippen LogP) is -0.753. The van der Waals surface area contributed by atoms with Gasteiger partial charge in [0.25, 0.3) is 10.2 Å². The molecule has 100 valence electrons. The van der Waals surface area contributed by atoms with Crippen LogP contribution >= 0.6 is 0 Å². The summed E-state index contributed by atoms with van der Waals surface area (Å²) in [4.78, 5) is 0. The summed E-state index contributed by atoms with van der Waals surface area (Å²) in [5.41, 5.74) is 0. The van der Waals surface area contributed by atoms with Crippen molar-refractivity contribution in [2.75, 3.05) is 46.4 Å². The van der Waals surface area contributed by atoms with E-state index in [-0.39, 0.29) is 6.04 Å². The SMILES string of the molecule is COCCN(C1CC1)S(=O)(=O)N1CCNCC1. The third-order valence-electron chi connectivity index (χ3n) is 3.17. The molecule has 0 atom stereocenters. The van der Waals surface area contributed by atoms with E-state index in [4.69, 9.17) is 4.74 Å². The fraction of sp³-hybridized carbons (Fsp3) is 1.00. The van der Waals surface area contributed by atoms with E-state index in [9.17, 15) is 8.42 Å². The monoisotopic (exact) mass is 263 g/mol. The van der Waals surface area contributed by atoms with E-state index in [1.165, 1.54) is 0 Å². The van der Waals surface area contributed by atoms with Gasteiger partial charge < -0.3 is 10.1 Å². The number of nitrogens with one attached hydrogen (secondary N) is 1. The molecule has 1 saturated heterocycles. The van der Waals surface area contributed by atoms with Gasteiger partial charge in [-0.25, -0.2) is 0 Å². The number of piperazine rings is 1. The average Bonchev–Trinajstić information content (AvgIpc) is 3.15. The Morgan fingerprint density at radius 3 is 2.53 bits per heavy atom. The fourth-order valence-electron chi connectivity index (χ4n) is 2.05. The third kappa shape index (κ3) is 3.17. The van der Waals surface area contributed by atoms with E-state index in [1.807, 2.05) is 0 Å². The summed E-state index contributed by atoms with van der Waals surface area (Å²) in [5.74, 6) is 0. The molecule has 6 nitrogen and oxygen atoms in total. The summed E-state index contributed by atoms with van der Waals surface area (Å²) < 4.78 is 33.1. The molecule has 1 aliphatic carbocycles. The lowest BCUT2D eigenvalue weighted by Crippen LogP contribution is -2.52. The van der Waals surface area contributed by atoms with Gasteiger partial charge in [0.15, 0.2) is 0 Å². The zero-order valence-corrected chi connectivity index (χ0v) is 11.1. The van der Waals surface area contributed by atoms with Crippen molar-refractivity contribution in [1.82, 2.24) is 13.9 Å². The van der Waals surface area contributed by atoms with Gasteiger partial charge in [0.05, 0.1) is 6.61 Å². The second-order valence-corrected chi connectivity index (χ2v) is 6.37. The van der Waals surface area contributed by atoms with Crippen molar-refractivity contribution in [3.63, 3.8) is 0 Å². The molecule has 2 fully saturated rings. The molecular weight excluding hydrogens is 242 g/mol. The second kappa shape index (κ2) is 5.62. The molecule has 0 unspecified atom stereocenters. The van der Waals surface area contributed by atoms with Gasteiger partial charge in [-0.2, -0.15) is 17.0 Å². The van der Waals surface area contributed by atoms with Crippen molar-refractivity contribution in [2.24, 2.45) is 0 Å². The molecule has 2 rings (SSSR count). The summed E-state index contributed by atoms with van der Waals surface area (Å²) in [6, 6.07) is 0.199. The highest BCUT2D eigenvalue weighted by Crippen LogP contribution is 2.30. The topological polar surface area (TPSA) is 61.9 Å². The second-order valence-electron chi connectivity index (χ2n) is 4.49. The Kier molecular flexibility index (Phi) is 4.37. The Morgan fingerprint density at radius 1 is 1.35 bits per heavy atom. The fourth-order valence-corrected chi connectivity index (χ4v) is 3.89. The molecule has 0 aromatic carbocycles. The van der Waals surface area contributed by atoms with Crippen LogP contribution in [0, 0.1) is 0 Å². The van der Waals surface area contributed by atoms with Crippen LogP contribution in [0.1, 0.15) is 12.8 Å². The standard InChI is InChI=1S/C10H21N3O3S/c1-16-9-8-13(10-2-3-10)17(14,15)12-6-4-11-5-7-12/h10-11H,2-9H2,1H3. The molecule has 17 heavy (non-hydrogen) atoms. The molecule has 1 saturated carbocycles. The van der Waals surface area contributed by atoms with Crippen molar-refractivity contribution >= 4 is 10.2 Å². The number of nitrogens with zero attached hydrogens (tertiary/aromatic N) is 2. The van der Waals surface area contributed by atoms with Gasteiger partial charge >= 0.3 is 0 Å². The van der Waals surface area contributed by atoms with Crippen LogP contribution in [0.25, 0.3) is 0 Å². The maximum Gasteiger partial charge on any atom is 0.282 e. The minimum absolute atomic E-state index is 0.199. The minimum Gasteiger partial charge on any atom is -0.383 e. The van der Waals surface area contributed by atoms with Crippen molar-refractivity contribution in [3.8, 4) is 0 Å². The molecule has 1 N–H and O–H groups in total. The summed E-state index contributed by atoms with van der Waals surface area (Å²) in [6.45, 7) is 3.54. The molecular formula is C10H21N3O3S. The van der Waals surface area contributed by atoms with E-state index < -0.39 is 10.2 Å². The minimum atomic E-state index is -3.29. The Morgan fingerprint density at radius 2 is 2.00 bits per heavy atom. The summed E-state index contributed by atoms with van der Waals surface area (Å²) >= 11 is 0. The molecule has 0 radical (unpaired) electrons. The van der Waals surface area contributed by atoms with Gasteiger partial charge in [0.1, 0.15) is 0 Å². The van der Waals surface area contributed by atoms with Crippen LogP contribution in [0.15, 0.2) is 0 Å². The van der Waals surface area contributed by atoms with Gasteiger partial charge in [-0.3, -0.25) is 0 Å². The smallest absolute Gasteiger partial charge is 0.282 e. The number of methoxy groups -OCH3 is 1. The molecule has 1 heterocycles. The summed E-state index contributed by atoms with van der Waals surface area (Å²) in [6.07, 6.45) is 1.96. The van der Waals surface area contributed by atoms with Gasteiger partial charge in [-0.1, -0.05) is 0 Å². The van der Waals surface area contributed by atoms with Crippen molar-refractivity contribution in [1.29, 1.82) is 0 Å². The molecule has 0 aromatic rings. The summed E-state index contributed by atoms with van der Waals surface area (Å²) in [5, 5.41) is 3.16. The Labute approximate surface area is 103 Å². The maximum absolute atomic E-state index is 12.4. The lowest BCUT2D eigenvalue weighted by atomic mass is 10.4. The van der Waals surface area contributed by atoms with Gasteiger partial charge in [0.2, 0.25) is 0 Å². The predicted molar refractivity (Wildman–Crippen MR) is 65.0 cm³/mol. The molecule has 7 heteroatoms. The number of ether oxygens (including phenoxy) is 1. The van der Waals surface area contributed by atoms with Gasteiger partial charge in [0, 0.05) is 45.9 Å². The lowest BCUT2D eigenvalue weighted by Gasteiger charge is -2.32. The maximum atomic E-state index is 12.4.